The minimum absolute atomic E-state index is 0.0155. The third-order valence-electron chi connectivity index (χ3n) is 6.42. The molecule has 0 saturated carbocycles. The fraction of sp³-hybridized carbons (Fsp3) is 0.393. The molecule has 2 aromatic carbocycles. The van der Waals surface area contributed by atoms with Crippen molar-refractivity contribution in [1.29, 1.82) is 0 Å². The lowest BCUT2D eigenvalue weighted by molar-refractivity contribution is 0.0203. The molecular weight excluding hydrogens is 459 g/mol. The highest BCUT2D eigenvalue weighted by atomic mass is 19.1. The van der Waals surface area contributed by atoms with Gasteiger partial charge in [-0.05, 0) is 95.0 Å². The fourth-order valence-corrected chi connectivity index (χ4v) is 4.38. The van der Waals surface area contributed by atoms with Crippen molar-refractivity contribution in [3.8, 4) is 5.69 Å². The molecule has 1 N–H and O–H groups in total. The number of hydrogen-bond acceptors (Lipinski definition) is 4. The molecule has 8 heteroatoms. The number of halogens is 1. The molecule has 1 aliphatic rings. The number of nitrogens with zero attached hydrogens (tertiary/aromatic N) is 3. The van der Waals surface area contributed by atoms with Crippen molar-refractivity contribution < 1.29 is 18.7 Å². The summed E-state index contributed by atoms with van der Waals surface area (Å²) in [6.07, 6.45) is 2.61. The van der Waals surface area contributed by atoms with Gasteiger partial charge in [0.2, 0.25) is 0 Å². The highest BCUT2D eigenvalue weighted by Gasteiger charge is 2.32. The summed E-state index contributed by atoms with van der Waals surface area (Å²) in [5.41, 5.74) is 4.41. The molecule has 0 aliphatic carbocycles. The molecule has 2 amide bonds. The number of piperidine rings is 1. The van der Waals surface area contributed by atoms with Crippen LogP contribution in [-0.2, 0) is 4.74 Å². The third-order valence-corrected chi connectivity index (χ3v) is 6.42. The van der Waals surface area contributed by atoms with Crippen LogP contribution in [0.15, 0.2) is 48.7 Å². The van der Waals surface area contributed by atoms with E-state index in [0.717, 1.165) is 16.9 Å². The summed E-state index contributed by atoms with van der Waals surface area (Å²) in [5.74, 6) is -0.656. The van der Waals surface area contributed by atoms with E-state index in [4.69, 9.17) is 4.74 Å². The van der Waals surface area contributed by atoms with Gasteiger partial charge < -0.3 is 15.0 Å². The quantitative estimate of drug-likeness (QED) is 0.485. The summed E-state index contributed by atoms with van der Waals surface area (Å²) in [5, 5.41) is 7.46. The Kier molecular flexibility index (Phi) is 7.15. The largest absolute Gasteiger partial charge is 0.444 e. The van der Waals surface area contributed by atoms with Crippen LogP contribution >= 0.6 is 0 Å². The summed E-state index contributed by atoms with van der Waals surface area (Å²) in [6.45, 7) is 10.7. The highest BCUT2D eigenvalue weighted by molar-refractivity contribution is 6.05. The van der Waals surface area contributed by atoms with Gasteiger partial charge in [-0.2, -0.15) is 5.10 Å². The highest BCUT2D eigenvalue weighted by Crippen LogP contribution is 2.33. The number of nitrogens with one attached hydrogen (secondary N) is 1. The van der Waals surface area contributed by atoms with E-state index in [9.17, 15) is 14.0 Å². The first-order valence-corrected chi connectivity index (χ1v) is 12.2. The molecule has 0 atom stereocenters. The Bertz CT molecular complexity index is 1250. The van der Waals surface area contributed by atoms with E-state index in [-0.39, 0.29) is 23.7 Å². The van der Waals surface area contributed by atoms with E-state index in [0.29, 0.717) is 37.2 Å². The lowest BCUT2D eigenvalue weighted by Crippen LogP contribution is -2.41. The van der Waals surface area contributed by atoms with Gasteiger partial charge in [0, 0.05) is 24.7 Å². The zero-order chi connectivity index (χ0) is 26.0. The van der Waals surface area contributed by atoms with Crippen LogP contribution in [0.25, 0.3) is 5.69 Å². The maximum atomic E-state index is 13.3. The second-order valence-electron chi connectivity index (χ2n) is 10.3. The molecular formula is C28H33FN4O3. The third kappa shape index (κ3) is 5.75. The summed E-state index contributed by atoms with van der Waals surface area (Å²) in [7, 11) is 0. The van der Waals surface area contributed by atoms with Crippen molar-refractivity contribution in [2.45, 2.75) is 59.0 Å². The summed E-state index contributed by atoms with van der Waals surface area (Å²) in [6, 6.07) is 11.8. The molecule has 0 radical (unpaired) electrons. The van der Waals surface area contributed by atoms with Gasteiger partial charge in [-0.1, -0.05) is 6.07 Å². The van der Waals surface area contributed by atoms with E-state index >= 15 is 0 Å². The van der Waals surface area contributed by atoms with Crippen LogP contribution < -0.4 is 5.32 Å². The number of aryl methyl sites for hydroxylation is 2. The minimum atomic E-state index is -0.554. The summed E-state index contributed by atoms with van der Waals surface area (Å²) < 4.78 is 20.7. The van der Waals surface area contributed by atoms with Gasteiger partial charge in [0.05, 0.1) is 23.1 Å². The van der Waals surface area contributed by atoms with Gasteiger partial charge in [0.25, 0.3) is 5.91 Å². The number of carbonyl (C=O) groups is 2. The average molecular weight is 493 g/mol. The Labute approximate surface area is 211 Å². The number of likely N-dealkylation sites (tertiary alicyclic amines) is 1. The topological polar surface area (TPSA) is 76.5 Å². The first kappa shape index (κ1) is 25.4. The zero-order valence-electron chi connectivity index (χ0n) is 21.5. The monoisotopic (exact) mass is 492 g/mol. The average Bonchev–Trinajstić information content (AvgIpc) is 3.27. The second-order valence-corrected chi connectivity index (χ2v) is 10.3. The standard InChI is InChI=1S/C28H33FN4O3/c1-18-6-11-23(16-19(18)2)33-25(20-12-14-32(15-13-20)27(35)36-28(3,4)5)24(17-30-33)26(34)31-22-9-7-21(29)8-10-22/h6-11,16-17,20H,12-15H2,1-5H3,(H,31,34). The predicted molar refractivity (Wildman–Crippen MR) is 137 cm³/mol. The number of carbonyl (C=O) groups excluding carboxylic acids is 2. The Morgan fingerprint density at radius 3 is 2.31 bits per heavy atom. The Morgan fingerprint density at radius 1 is 1.03 bits per heavy atom. The van der Waals surface area contributed by atoms with Crippen LogP contribution in [0.5, 0.6) is 0 Å². The number of benzene rings is 2. The number of hydrogen-bond donors (Lipinski definition) is 1. The van der Waals surface area contributed by atoms with Crippen LogP contribution in [-0.4, -0.2) is 45.4 Å². The smallest absolute Gasteiger partial charge is 0.410 e. The van der Waals surface area contributed by atoms with Crippen molar-refractivity contribution >= 4 is 17.7 Å². The van der Waals surface area contributed by atoms with Crippen molar-refractivity contribution in [2.24, 2.45) is 0 Å². The molecule has 2 heterocycles. The molecule has 4 rings (SSSR count). The molecule has 36 heavy (non-hydrogen) atoms. The maximum Gasteiger partial charge on any atom is 0.410 e. The lowest BCUT2D eigenvalue weighted by Gasteiger charge is -2.34. The van der Waals surface area contributed by atoms with Crippen LogP contribution in [0, 0.1) is 19.7 Å². The Hall–Kier alpha value is -3.68. The number of amides is 2. The molecule has 0 spiro atoms. The Balaban J connectivity index is 1.63. The molecule has 0 unspecified atom stereocenters. The SMILES string of the molecule is Cc1ccc(-n2ncc(C(=O)Nc3ccc(F)cc3)c2C2CCN(C(=O)OC(C)(C)C)CC2)cc1C. The molecule has 0 bridgehead atoms. The van der Waals surface area contributed by atoms with Crippen LogP contribution in [0.3, 0.4) is 0 Å². The molecule has 1 aromatic heterocycles. The van der Waals surface area contributed by atoms with Gasteiger partial charge in [0.1, 0.15) is 11.4 Å². The molecule has 190 valence electrons. The van der Waals surface area contributed by atoms with Gasteiger partial charge >= 0.3 is 6.09 Å². The minimum Gasteiger partial charge on any atom is -0.444 e. The van der Waals surface area contributed by atoms with Gasteiger partial charge in [0.15, 0.2) is 0 Å². The van der Waals surface area contributed by atoms with E-state index in [2.05, 4.69) is 23.4 Å². The first-order valence-electron chi connectivity index (χ1n) is 12.2. The number of ether oxygens (including phenoxy) is 1. The fourth-order valence-electron chi connectivity index (χ4n) is 4.38. The molecule has 3 aromatic rings. The second kappa shape index (κ2) is 10.1. The number of aromatic nitrogens is 2. The van der Waals surface area contributed by atoms with E-state index in [1.807, 2.05) is 44.5 Å². The predicted octanol–water partition coefficient (Wildman–Crippen LogP) is 6.00. The van der Waals surface area contributed by atoms with Gasteiger partial charge in [-0.3, -0.25) is 4.79 Å². The summed E-state index contributed by atoms with van der Waals surface area (Å²) >= 11 is 0. The number of anilines is 1. The van der Waals surface area contributed by atoms with Crippen molar-refractivity contribution in [1.82, 2.24) is 14.7 Å². The normalized spacial score (nSPS) is 14.6. The van der Waals surface area contributed by atoms with Crippen molar-refractivity contribution in [3.05, 3.63) is 76.9 Å². The molecule has 1 saturated heterocycles. The van der Waals surface area contributed by atoms with Gasteiger partial charge in [-0.15, -0.1) is 0 Å². The van der Waals surface area contributed by atoms with Gasteiger partial charge in [-0.25, -0.2) is 13.9 Å². The van der Waals surface area contributed by atoms with Crippen molar-refractivity contribution in [3.63, 3.8) is 0 Å². The van der Waals surface area contributed by atoms with Crippen LogP contribution in [0.2, 0.25) is 0 Å². The van der Waals surface area contributed by atoms with E-state index in [1.165, 1.54) is 29.8 Å². The lowest BCUT2D eigenvalue weighted by atomic mass is 9.90. The van der Waals surface area contributed by atoms with Crippen molar-refractivity contribution in [2.75, 3.05) is 18.4 Å². The molecule has 1 fully saturated rings. The zero-order valence-corrected chi connectivity index (χ0v) is 21.5. The van der Waals surface area contributed by atoms with E-state index in [1.54, 1.807) is 11.1 Å². The Morgan fingerprint density at radius 2 is 1.69 bits per heavy atom. The van der Waals surface area contributed by atoms with Crippen LogP contribution in [0.4, 0.5) is 14.9 Å². The maximum absolute atomic E-state index is 13.3. The number of rotatable bonds is 4. The molecule has 1 aliphatic heterocycles. The van der Waals surface area contributed by atoms with Crippen LogP contribution in [0.1, 0.15) is 66.7 Å². The summed E-state index contributed by atoms with van der Waals surface area (Å²) in [4.78, 5) is 27.6. The first-order chi connectivity index (χ1) is 17.0. The molecule has 7 nitrogen and oxygen atoms in total. The van der Waals surface area contributed by atoms with E-state index < -0.39 is 5.60 Å².